The minimum atomic E-state index is -4.02. The zero-order valence-corrected chi connectivity index (χ0v) is 16.0. The molecule has 1 aliphatic heterocycles. The van der Waals surface area contributed by atoms with E-state index in [4.69, 9.17) is 5.14 Å². The molecule has 1 heterocycles. The number of nitrogens with zero attached hydrogens (tertiary/aromatic N) is 2. The third kappa shape index (κ3) is 5.36. The number of nitrogens with two attached hydrogens (primary N) is 1. The van der Waals surface area contributed by atoms with E-state index in [-0.39, 0.29) is 34.6 Å². The van der Waals surface area contributed by atoms with Crippen molar-refractivity contribution in [3.63, 3.8) is 0 Å². The Kier molecular flexibility index (Phi) is 7.35. The van der Waals surface area contributed by atoms with Gasteiger partial charge in [-0.3, -0.25) is 4.79 Å². The Morgan fingerprint density at radius 1 is 1.20 bits per heavy atom. The zero-order chi connectivity index (χ0) is 18.0. The lowest BCUT2D eigenvalue weighted by molar-refractivity contribution is -0.131. The Morgan fingerprint density at radius 3 is 2.32 bits per heavy atom. The van der Waals surface area contributed by atoms with Gasteiger partial charge in [-0.2, -0.15) is 4.31 Å². The molecule has 25 heavy (non-hydrogen) atoms. The molecule has 3 N–H and O–H groups in total. The number of carbonyl (C=O) groups excluding carboxylic acids is 1. The highest BCUT2D eigenvalue weighted by Gasteiger charge is 2.26. The fourth-order valence-corrected chi connectivity index (χ4v) is 4.08. The van der Waals surface area contributed by atoms with Crippen LogP contribution >= 0.6 is 12.4 Å². The first-order chi connectivity index (χ1) is 11.1. The van der Waals surface area contributed by atoms with Crippen molar-refractivity contribution in [1.29, 1.82) is 0 Å². The van der Waals surface area contributed by atoms with Gasteiger partial charge in [0.2, 0.25) is 26.0 Å². The molecule has 1 saturated heterocycles. The molecular weight excluding hydrogens is 392 g/mol. The maximum absolute atomic E-state index is 12.5. The van der Waals surface area contributed by atoms with E-state index >= 15 is 0 Å². The van der Waals surface area contributed by atoms with Crippen LogP contribution in [0.3, 0.4) is 0 Å². The average Bonchev–Trinajstić information content (AvgIpc) is 2.55. The number of rotatable bonds is 5. The van der Waals surface area contributed by atoms with Crippen LogP contribution in [0.5, 0.6) is 0 Å². The molecule has 1 aliphatic rings. The predicted octanol–water partition coefficient (Wildman–Crippen LogP) is -1.19. The van der Waals surface area contributed by atoms with Crippen LogP contribution in [0.25, 0.3) is 0 Å². The number of amides is 1. The van der Waals surface area contributed by atoms with Gasteiger partial charge in [-0.25, -0.2) is 22.0 Å². The Labute approximate surface area is 153 Å². The van der Waals surface area contributed by atoms with Gasteiger partial charge in [0.05, 0.1) is 16.3 Å². The highest BCUT2D eigenvalue weighted by molar-refractivity contribution is 7.90. The molecule has 9 nitrogen and oxygen atoms in total. The van der Waals surface area contributed by atoms with E-state index in [0.29, 0.717) is 26.2 Å². The van der Waals surface area contributed by atoms with E-state index in [1.807, 2.05) is 0 Å². The van der Waals surface area contributed by atoms with Crippen molar-refractivity contribution in [3.05, 3.63) is 24.3 Å². The lowest BCUT2D eigenvalue weighted by atomic mass is 10.3. The molecule has 0 aliphatic carbocycles. The molecule has 142 valence electrons. The van der Waals surface area contributed by atoms with Crippen LogP contribution in [0.1, 0.15) is 0 Å². The molecular formula is C13H21ClN4O5S2. The summed E-state index contributed by atoms with van der Waals surface area (Å²) in [6.07, 6.45) is 0. The Morgan fingerprint density at radius 2 is 1.76 bits per heavy atom. The van der Waals surface area contributed by atoms with Gasteiger partial charge in [0, 0.05) is 33.2 Å². The number of sulfonamides is 2. The number of benzene rings is 1. The summed E-state index contributed by atoms with van der Waals surface area (Å²) in [5.74, 6) is -0.301. The summed E-state index contributed by atoms with van der Waals surface area (Å²) in [5.41, 5.74) is 0. The number of nitrogens with one attached hydrogen (secondary N) is 1. The molecule has 1 aromatic carbocycles. The fraction of sp³-hybridized carbons (Fsp3) is 0.462. The molecule has 0 unspecified atom stereocenters. The number of halogens is 1. The highest BCUT2D eigenvalue weighted by atomic mass is 35.5. The van der Waals surface area contributed by atoms with Crippen LogP contribution in [0.15, 0.2) is 34.1 Å². The van der Waals surface area contributed by atoms with Crippen LogP contribution < -0.4 is 10.5 Å². The second-order valence-corrected chi connectivity index (χ2v) is 9.02. The van der Waals surface area contributed by atoms with Crippen molar-refractivity contribution in [2.75, 3.05) is 39.8 Å². The van der Waals surface area contributed by atoms with Gasteiger partial charge in [-0.1, -0.05) is 6.07 Å². The van der Waals surface area contributed by atoms with Crippen LogP contribution in [-0.2, 0) is 24.8 Å². The van der Waals surface area contributed by atoms with E-state index in [2.05, 4.69) is 5.32 Å². The summed E-state index contributed by atoms with van der Waals surface area (Å²) in [7, 11) is -6.75. The first kappa shape index (κ1) is 21.8. The number of hydrogen-bond acceptors (Lipinski definition) is 6. The molecule has 0 radical (unpaired) electrons. The minimum absolute atomic E-state index is 0. The van der Waals surface area contributed by atoms with Crippen molar-refractivity contribution in [2.24, 2.45) is 5.14 Å². The van der Waals surface area contributed by atoms with E-state index in [0.717, 1.165) is 10.4 Å². The van der Waals surface area contributed by atoms with Gasteiger partial charge in [-0.05, 0) is 18.2 Å². The van der Waals surface area contributed by atoms with E-state index < -0.39 is 20.0 Å². The number of carbonyl (C=O) groups is 1. The lowest BCUT2D eigenvalue weighted by Gasteiger charge is -2.29. The summed E-state index contributed by atoms with van der Waals surface area (Å²) in [5, 5.41) is 8.13. The van der Waals surface area contributed by atoms with Gasteiger partial charge < -0.3 is 10.2 Å². The Balaban J connectivity index is 0.00000312. The number of hydrogen-bond donors (Lipinski definition) is 2. The summed E-state index contributed by atoms with van der Waals surface area (Å²) in [6.45, 7) is 2.06. The lowest BCUT2D eigenvalue weighted by Crippen LogP contribution is -2.49. The van der Waals surface area contributed by atoms with Crippen molar-refractivity contribution in [1.82, 2.24) is 14.5 Å². The second kappa shape index (κ2) is 8.43. The quantitative estimate of drug-likeness (QED) is 0.625. The van der Waals surface area contributed by atoms with Crippen LogP contribution in [0.2, 0.25) is 0 Å². The van der Waals surface area contributed by atoms with Crippen molar-refractivity contribution >= 4 is 38.4 Å². The standard InChI is InChI=1S/C13H20N4O5S2.ClH/c1-16(10-13(18)17-7-5-15-6-8-17)24(21,22)12-4-2-3-11(9-12)23(14,19)20;/h2-4,9,15H,5-8,10H2,1H3,(H2,14,19,20);1H. The average molecular weight is 413 g/mol. The molecule has 1 amide bonds. The largest absolute Gasteiger partial charge is 0.339 e. The van der Waals surface area contributed by atoms with Gasteiger partial charge in [0.25, 0.3) is 0 Å². The summed E-state index contributed by atoms with van der Waals surface area (Å²) >= 11 is 0. The normalized spacial score (nSPS) is 15.7. The smallest absolute Gasteiger partial charge is 0.243 e. The maximum atomic E-state index is 12.5. The Hall–Kier alpha value is -1.24. The molecule has 0 bridgehead atoms. The van der Waals surface area contributed by atoms with Crippen molar-refractivity contribution < 1.29 is 21.6 Å². The zero-order valence-electron chi connectivity index (χ0n) is 13.6. The Bertz CT molecular complexity index is 823. The van der Waals surface area contributed by atoms with E-state index in [9.17, 15) is 21.6 Å². The number of primary sulfonamides is 1. The highest BCUT2D eigenvalue weighted by Crippen LogP contribution is 2.18. The third-order valence-corrected chi connectivity index (χ3v) is 6.38. The summed E-state index contributed by atoms with van der Waals surface area (Å²) < 4.78 is 48.7. The van der Waals surface area contributed by atoms with E-state index in [1.54, 1.807) is 4.90 Å². The molecule has 0 saturated carbocycles. The van der Waals surface area contributed by atoms with Gasteiger partial charge >= 0.3 is 0 Å². The molecule has 0 spiro atoms. The topological polar surface area (TPSA) is 130 Å². The molecule has 1 fully saturated rings. The molecule has 2 rings (SSSR count). The van der Waals surface area contributed by atoms with Gasteiger partial charge in [0.1, 0.15) is 0 Å². The van der Waals surface area contributed by atoms with Gasteiger partial charge in [-0.15, -0.1) is 12.4 Å². The second-order valence-electron chi connectivity index (χ2n) is 5.41. The molecule has 0 atom stereocenters. The third-order valence-electron chi connectivity index (χ3n) is 3.67. The first-order valence-electron chi connectivity index (χ1n) is 7.20. The van der Waals surface area contributed by atoms with Gasteiger partial charge in [0.15, 0.2) is 0 Å². The first-order valence-corrected chi connectivity index (χ1v) is 10.2. The monoisotopic (exact) mass is 412 g/mol. The summed E-state index contributed by atoms with van der Waals surface area (Å²) in [4.78, 5) is 13.2. The molecule has 0 aromatic heterocycles. The number of likely N-dealkylation sites (N-methyl/N-ethyl adjacent to an activating group) is 1. The molecule has 1 aromatic rings. The minimum Gasteiger partial charge on any atom is -0.339 e. The van der Waals surface area contributed by atoms with Crippen LogP contribution in [0, 0.1) is 0 Å². The summed E-state index contributed by atoms with van der Waals surface area (Å²) in [6, 6.07) is 4.74. The van der Waals surface area contributed by atoms with E-state index in [1.165, 1.54) is 25.2 Å². The van der Waals surface area contributed by atoms with Crippen molar-refractivity contribution in [3.8, 4) is 0 Å². The predicted molar refractivity (Wildman–Crippen MR) is 94.3 cm³/mol. The van der Waals surface area contributed by atoms with Crippen LogP contribution in [-0.4, -0.2) is 71.7 Å². The maximum Gasteiger partial charge on any atom is 0.243 e. The SMILES string of the molecule is CN(CC(=O)N1CCNCC1)S(=O)(=O)c1cccc(S(N)(=O)=O)c1.Cl. The number of piperazine rings is 1. The van der Waals surface area contributed by atoms with Crippen LogP contribution in [0.4, 0.5) is 0 Å². The fourth-order valence-electron chi connectivity index (χ4n) is 2.28. The van der Waals surface area contributed by atoms with Crippen molar-refractivity contribution in [2.45, 2.75) is 9.79 Å². The molecule has 12 heteroatoms.